The van der Waals surface area contributed by atoms with Crippen molar-refractivity contribution < 1.29 is 22.6 Å². The van der Waals surface area contributed by atoms with Crippen molar-refractivity contribution in [1.29, 1.82) is 0 Å². The van der Waals surface area contributed by atoms with Gasteiger partial charge >= 0.3 is 6.18 Å². The van der Waals surface area contributed by atoms with Crippen molar-refractivity contribution in [3.63, 3.8) is 0 Å². The molecule has 0 spiro atoms. The van der Waals surface area contributed by atoms with Crippen molar-refractivity contribution in [2.24, 2.45) is 0 Å². The summed E-state index contributed by atoms with van der Waals surface area (Å²) in [5.41, 5.74) is 0.679. The predicted octanol–water partition coefficient (Wildman–Crippen LogP) is 5.08. The number of methoxy groups -OCH3 is 2. The Morgan fingerprint density at radius 1 is 0.917 bits per heavy atom. The van der Waals surface area contributed by atoms with Crippen LogP contribution in [0.5, 0.6) is 11.5 Å². The van der Waals surface area contributed by atoms with Gasteiger partial charge in [-0.25, -0.2) is 9.97 Å². The number of rotatable bonds is 8. The van der Waals surface area contributed by atoms with Crippen LogP contribution in [0.1, 0.15) is 16.8 Å². The molecule has 3 heterocycles. The lowest BCUT2D eigenvalue weighted by atomic mass is 10.1. The number of nitrogens with zero attached hydrogens (tertiary/aromatic N) is 4. The molecule has 0 atom stereocenters. The first-order valence-electron chi connectivity index (χ1n) is 10.7. The molecule has 4 rings (SSSR count). The van der Waals surface area contributed by atoms with Crippen molar-refractivity contribution in [3.05, 3.63) is 94.3 Å². The van der Waals surface area contributed by atoms with Gasteiger partial charge in [0.2, 0.25) is 0 Å². The van der Waals surface area contributed by atoms with E-state index in [1.807, 2.05) is 0 Å². The average molecular weight is 515 g/mol. The van der Waals surface area contributed by atoms with E-state index in [1.165, 1.54) is 37.1 Å². The molecule has 3 aromatic heterocycles. The molecule has 0 saturated heterocycles. The minimum Gasteiger partial charge on any atom is -0.493 e. The Hall–Kier alpha value is -3.86. The molecular weight excluding hydrogens is 493 g/mol. The highest BCUT2D eigenvalue weighted by atomic mass is 32.2. The number of hydrogen-bond donors (Lipinski definition) is 0. The summed E-state index contributed by atoms with van der Waals surface area (Å²) in [4.78, 5) is 24.5. The van der Waals surface area contributed by atoms with Gasteiger partial charge in [-0.1, -0.05) is 17.8 Å². The Morgan fingerprint density at radius 3 is 2.36 bits per heavy atom. The molecule has 0 aliphatic heterocycles. The largest absolute Gasteiger partial charge is 0.493 e. The highest BCUT2D eigenvalue weighted by Crippen LogP contribution is 2.33. The molecule has 7 nitrogen and oxygen atoms in total. The maximum atomic E-state index is 13.6. The summed E-state index contributed by atoms with van der Waals surface area (Å²) in [6.07, 6.45) is 0.0442. The molecule has 36 heavy (non-hydrogen) atoms. The fourth-order valence-electron chi connectivity index (χ4n) is 3.39. The first-order chi connectivity index (χ1) is 17.3. The Kier molecular flexibility index (Phi) is 7.58. The van der Waals surface area contributed by atoms with Gasteiger partial charge in [0.25, 0.3) is 5.56 Å². The van der Waals surface area contributed by atoms with Gasteiger partial charge in [0.1, 0.15) is 5.69 Å². The smallest absolute Gasteiger partial charge is 0.433 e. The van der Waals surface area contributed by atoms with Crippen LogP contribution in [0.15, 0.2) is 77.1 Å². The van der Waals surface area contributed by atoms with Crippen LogP contribution in [0, 0.1) is 0 Å². The Morgan fingerprint density at radius 2 is 1.67 bits per heavy atom. The Labute approximate surface area is 209 Å². The molecule has 0 amide bonds. The fourth-order valence-corrected chi connectivity index (χ4v) is 4.21. The van der Waals surface area contributed by atoms with Gasteiger partial charge in [-0.05, 0) is 47.5 Å². The monoisotopic (exact) mass is 514 g/mol. The molecule has 0 bridgehead atoms. The normalized spacial score (nSPS) is 11.4. The summed E-state index contributed by atoms with van der Waals surface area (Å²) < 4.78 is 52.8. The summed E-state index contributed by atoms with van der Waals surface area (Å²) in [5.74, 6) is 1.42. The number of thioether (sulfide) groups is 1. The van der Waals surface area contributed by atoms with Crippen LogP contribution in [0.3, 0.4) is 0 Å². The summed E-state index contributed by atoms with van der Waals surface area (Å²) in [6, 6.07) is 12.4. The van der Waals surface area contributed by atoms with E-state index in [-0.39, 0.29) is 23.0 Å². The lowest BCUT2D eigenvalue weighted by Gasteiger charge is -2.13. The van der Waals surface area contributed by atoms with E-state index in [9.17, 15) is 18.0 Å². The molecule has 186 valence electrons. The molecule has 11 heteroatoms. The van der Waals surface area contributed by atoms with Crippen LogP contribution in [-0.2, 0) is 18.5 Å². The van der Waals surface area contributed by atoms with E-state index in [4.69, 9.17) is 9.47 Å². The minimum atomic E-state index is -4.65. The second-order valence-electron chi connectivity index (χ2n) is 7.64. The number of ether oxygens (including phenoxy) is 2. The van der Waals surface area contributed by atoms with Crippen molar-refractivity contribution in [2.45, 2.75) is 23.6 Å². The first kappa shape index (κ1) is 25.2. The number of alkyl halides is 3. The number of halogens is 3. The van der Waals surface area contributed by atoms with Crippen molar-refractivity contribution in [2.75, 3.05) is 14.2 Å². The summed E-state index contributed by atoms with van der Waals surface area (Å²) in [7, 11) is 3.03. The highest BCUT2D eigenvalue weighted by molar-refractivity contribution is 7.98. The fraction of sp³-hybridized carbons (Fsp3) is 0.200. The van der Waals surface area contributed by atoms with E-state index >= 15 is 0 Å². The lowest BCUT2D eigenvalue weighted by Crippen LogP contribution is -2.19. The Balaban J connectivity index is 1.67. The van der Waals surface area contributed by atoms with E-state index in [1.54, 1.807) is 42.7 Å². The van der Waals surface area contributed by atoms with Crippen LogP contribution in [0.25, 0.3) is 11.3 Å². The number of benzene rings is 1. The van der Waals surface area contributed by atoms with Crippen molar-refractivity contribution in [3.8, 4) is 22.8 Å². The van der Waals surface area contributed by atoms with Gasteiger partial charge in [0.05, 0.1) is 26.5 Å². The number of hydrogen-bond acceptors (Lipinski definition) is 7. The molecule has 0 aliphatic rings. The van der Waals surface area contributed by atoms with Crippen LogP contribution < -0.4 is 15.0 Å². The summed E-state index contributed by atoms with van der Waals surface area (Å²) in [6.45, 7) is 0.174. The maximum Gasteiger partial charge on any atom is 0.433 e. The zero-order chi connectivity index (χ0) is 25.7. The molecule has 0 unspecified atom stereocenters. The second-order valence-corrected chi connectivity index (χ2v) is 8.58. The van der Waals surface area contributed by atoms with Crippen LogP contribution in [0.4, 0.5) is 13.2 Å². The molecule has 4 aromatic rings. The first-order valence-corrected chi connectivity index (χ1v) is 11.6. The third-order valence-electron chi connectivity index (χ3n) is 5.19. The standard InChI is InChI=1S/C25H21F3N4O3S/c1-34-20-5-3-17(11-21(20)35-2)13-32-14-18(4-6-23(32)33)19-12-22(25(26,27)28)31-24(30-19)36-15-16-7-9-29-10-8-16/h3-12,14H,13,15H2,1-2H3. The average Bonchev–Trinajstić information content (AvgIpc) is 2.88. The predicted molar refractivity (Wildman–Crippen MR) is 129 cm³/mol. The van der Waals surface area contributed by atoms with Gasteiger partial charge in [-0.15, -0.1) is 0 Å². The maximum absolute atomic E-state index is 13.6. The van der Waals surface area contributed by atoms with Gasteiger partial charge in [0.15, 0.2) is 16.7 Å². The van der Waals surface area contributed by atoms with Crippen LogP contribution in [-0.4, -0.2) is 33.7 Å². The summed E-state index contributed by atoms with van der Waals surface area (Å²) >= 11 is 1.09. The van der Waals surface area contributed by atoms with Gasteiger partial charge in [-0.2, -0.15) is 13.2 Å². The van der Waals surface area contributed by atoms with Gasteiger partial charge in [-0.3, -0.25) is 9.78 Å². The molecular formula is C25H21F3N4O3S. The van der Waals surface area contributed by atoms with E-state index in [2.05, 4.69) is 15.0 Å². The molecule has 1 aromatic carbocycles. The Bertz CT molecular complexity index is 1410. The van der Waals surface area contributed by atoms with Crippen LogP contribution >= 0.6 is 11.8 Å². The molecule has 0 radical (unpaired) electrons. The minimum absolute atomic E-state index is 0.0192. The van der Waals surface area contributed by atoms with Crippen molar-refractivity contribution >= 4 is 11.8 Å². The third-order valence-corrected chi connectivity index (χ3v) is 6.11. The van der Waals surface area contributed by atoms with E-state index < -0.39 is 11.9 Å². The quantitative estimate of drug-likeness (QED) is 0.240. The third kappa shape index (κ3) is 6.03. The molecule has 0 saturated carbocycles. The van der Waals surface area contributed by atoms with Crippen molar-refractivity contribution in [1.82, 2.24) is 19.5 Å². The summed E-state index contributed by atoms with van der Waals surface area (Å²) in [5, 5.41) is -0.0192. The van der Waals surface area contributed by atoms with Gasteiger partial charge in [0, 0.05) is 36.0 Å². The SMILES string of the molecule is COc1ccc(Cn2cc(-c3cc(C(F)(F)F)nc(SCc4ccncc4)n3)ccc2=O)cc1OC. The zero-order valence-corrected chi connectivity index (χ0v) is 20.1. The van der Waals surface area contributed by atoms with E-state index in [0.717, 1.165) is 29.0 Å². The van der Waals surface area contributed by atoms with E-state index in [0.29, 0.717) is 22.8 Å². The lowest BCUT2D eigenvalue weighted by molar-refractivity contribution is -0.141. The number of aromatic nitrogens is 4. The van der Waals surface area contributed by atoms with Crippen LogP contribution in [0.2, 0.25) is 0 Å². The number of pyridine rings is 2. The zero-order valence-electron chi connectivity index (χ0n) is 19.3. The van der Waals surface area contributed by atoms with Gasteiger partial charge < -0.3 is 14.0 Å². The molecule has 0 fully saturated rings. The second kappa shape index (κ2) is 10.8. The molecule has 0 N–H and O–H groups in total. The molecule has 0 aliphatic carbocycles. The topological polar surface area (TPSA) is 79.1 Å². The highest BCUT2D eigenvalue weighted by Gasteiger charge is 2.34.